The molecule has 3 rings (SSSR count). The summed E-state index contributed by atoms with van der Waals surface area (Å²) in [6.45, 7) is 0. The highest BCUT2D eigenvalue weighted by atomic mass is 35.5. The van der Waals surface area contributed by atoms with E-state index in [9.17, 15) is 0 Å². The van der Waals surface area contributed by atoms with Gasteiger partial charge < -0.3 is 20.1 Å². The second kappa shape index (κ2) is 8.12. The van der Waals surface area contributed by atoms with Crippen LogP contribution in [-0.4, -0.2) is 24.2 Å². The van der Waals surface area contributed by atoms with Gasteiger partial charge in [-0.2, -0.15) is 0 Å². The summed E-state index contributed by atoms with van der Waals surface area (Å²) in [5.74, 6) is 2.51. The number of anilines is 4. The number of nitrogens with zero attached hydrogens (tertiary/aromatic N) is 2. The van der Waals surface area contributed by atoms with Gasteiger partial charge in [0.15, 0.2) is 11.5 Å². The van der Waals surface area contributed by atoms with Gasteiger partial charge in [0.25, 0.3) is 0 Å². The van der Waals surface area contributed by atoms with Crippen molar-refractivity contribution < 1.29 is 9.47 Å². The molecule has 0 spiro atoms. The zero-order chi connectivity index (χ0) is 18.5. The number of methoxy groups -OCH3 is 2. The molecule has 2 aromatic carbocycles. The Labute approximate surface area is 161 Å². The standard InChI is InChI=1S/C18H16Cl2N4O2/c1-25-15-6-4-12(8-16(15)26-2)24-18-9-17(21-10-22-18)23-11-3-5-13(19)14(20)7-11/h3-10H,1-2H3,(H2,21,22,23,24). The average Bonchev–Trinajstić information content (AvgIpc) is 2.65. The van der Waals surface area contributed by atoms with E-state index in [1.54, 1.807) is 32.4 Å². The summed E-state index contributed by atoms with van der Waals surface area (Å²) < 4.78 is 10.5. The number of hydrogen-bond acceptors (Lipinski definition) is 6. The lowest BCUT2D eigenvalue weighted by Crippen LogP contribution is -1.99. The Morgan fingerprint density at radius 2 is 1.35 bits per heavy atom. The quantitative estimate of drug-likeness (QED) is 0.595. The molecule has 0 aliphatic carbocycles. The lowest BCUT2D eigenvalue weighted by molar-refractivity contribution is 0.355. The van der Waals surface area contributed by atoms with Gasteiger partial charge in [0, 0.05) is 23.5 Å². The molecule has 0 fully saturated rings. The number of ether oxygens (including phenoxy) is 2. The third-order valence-electron chi connectivity index (χ3n) is 3.52. The minimum absolute atomic E-state index is 0.467. The van der Waals surface area contributed by atoms with E-state index in [2.05, 4.69) is 20.6 Å². The third kappa shape index (κ3) is 4.28. The molecule has 8 heteroatoms. The molecule has 1 aromatic heterocycles. The lowest BCUT2D eigenvalue weighted by Gasteiger charge is -2.12. The topological polar surface area (TPSA) is 68.3 Å². The number of rotatable bonds is 6. The van der Waals surface area contributed by atoms with Crippen molar-refractivity contribution in [3.8, 4) is 11.5 Å². The highest BCUT2D eigenvalue weighted by Gasteiger charge is 2.06. The van der Waals surface area contributed by atoms with Crippen molar-refractivity contribution in [3.63, 3.8) is 0 Å². The van der Waals surface area contributed by atoms with Crippen LogP contribution in [0.15, 0.2) is 48.8 Å². The van der Waals surface area contributed by atoms with Crippen LogP contribution >= 0.6 is 23.2 Å². The maximum Gasteiger partial charge on any atom is 0.162 e. The van der Waals surface area contributed by atoms with E-state index >= 15 is 0 Å². The summed E-state index contributed by atoms with van der Waals surface area (Å²) in [7, 11) is 3.18. The number of halogens is 2. The molecule has 0 saturated carbocycles. The summed E-state index contributed by atoms with van der Waals surface area (Å²) in [4.78, 5) is 8.43. The van der Waals surface area contributed by atoms with Crippen LogP contribution in [0.25, 0.3) is 0 Å². The maximum atomic E-state index is 6.03. The number of hydrogen-bond donors (Lipinski definition) is 2. The van der Waals surface area contributed by atoms with E-state index in [1.807, 2.05) is 24.3 Å². The molecule has 0 radical (unpaired) electrons. The Morgan fingerprint density at radius 3 is 1.96 bits per heavy atom. The molecule has 0 amide bonds. The molecule has 0 aliphatic heterocycles. The molecule has 6 nitrogen and oxygen atoms in total. The van der Waals surface area contributed by atoms with Crippen LogP contribution in [0.1, 0.15) is 0 Å². The van der Waals surface area contributed by atoms with Crippen LogP contribution in [-0.2, 0) is 0 Å². The van der Waals surface area contributed by atoms with E-state index in [1.165, 1.54) is 6.33 Å². The second-order valence-corrected chi connectivity index (χ2v) is 6.05. The number of nitrogens with one attached hydrogen (secondary N) is 2. The normalized spacial score (nSPS) is 10.3. The van der Waals surface area contributed by atoms with Crippen molar-refractivity contribution in [2.75, 3.05) is 24.9 Å². The van der Waals surface area contributed by atoms with Gasteiger partial charge in [0.05, 0.1) is 24.3 Å². The van der Waals surface area contributed by atoms with Gasteiger partial charge in [-0.3, -0.25) is 0 Å². The summed E-state index contributed by atoms with van der Waals surface area (Å²) in [6.07, 6.45) is 1.46. The molecule has 26 heavy (non-hydrogen) atoms. The van der Waals surface area contributed by atoms with Gasteiger partial charge >= 0.3 is 0 Å². The van der Waals surface area contributed by atoms with E-state index in [-0.39, 0.29) is 0 Å². The fourth-order valence-electron chi connectivity index (χ4n) is 2.28. The predicted octanol–water partition coefficient (Wildman–Crippen LogP) is 5.29. The highest BCUT2D eigenvalue weighted by molar-refractivity contribution is 6.42. The van der Waals surface area contributed by atoms with Crippen LogP contribution in [0.4, 0.5) is 23.0 Å². The van der Waals surface area contributed by atoms with E-state index in [4.69, 9.17) is 32.7 Å². The van der Waals surface area contributed by atoms with Crippen molar-refractivity contribution in [1.82, 2.24) is 9.97 Å². The fraction of sp³-hybridized carbons (Fsp3) is 0.111. The molecular formula is C18H16Cl2N4O2. The largest absolute Gasteiger partial charge is 0.493 e. The first kappa shape index (κ1) is 18.1. The van der Waals surface area contributed by atoms with Crippen LogP contribution in [0.5, 0.6) is 11.5 Å². The third-order valence-corrected chi connectivity index (χ3v) is 4.25. The highest BCUT2D eigenvalue weighted by Crippen LogP contribution is 2.31. The summed E-state index contributed by atoms with van der Waals surface area (Å²) in [5, 5.41) is 7.33. The van der Waals surface area contributed by atoms with Crippen LogP contribution in [0, 0.1) is 0 Å². The van der Waals surface area contributed by atoms with Crippen LogP contribution in [0.3, 0.4) is 0 Å². The van der Waals surface area contributed by atoms with Crippen molar-refractivity contribution in [3.05, 3.63) is 58.8 Å². The van der Waals surface area contributed by atoms with Crippen molar-refractivity contribution in [2.24, 2.45) is 0 Å². The zero-order valence-corrected chi connectivity index (χ0v) is 15.6. The van der Waals surface area contributed by atoms with Gasteiger partial charge in [-0.1, -0.05) is 23.2 Å². The molecular weight excluding hydrogens is 375 g/mol. The first-order valence-corrected chi connectivity index (χ1v) is 8.38. The molecule has 0 bridgehead atoms. The molecule has 0 saturated heterocycles. The first-order valence-electron chi connectivity index (χ1n) is 7.62. The Morgan fingerprint density at radius 1 is 0.731 bits per heavy atom. The minimum atomic E-state index is 0.467. The smallest absolute Gasteiger partial charge is 0.162 e. The molecule has 0 unspecified atom stereocenters. The maximum absolute atomic E-state index is 6.03. The Hall–Kier alpha value is -2.70. The second-order valence-electron chi connectivity index (χ2n) is 5.24. The van der Waals surface area contributed by atoms with E-state index < -0.39 is 0 Å². The molecule has 2 N–H and O–H groups in total. The summed E-state index contributed by atoms with van der Waals surface area (Å²) in [6, 6.07) is 12.6. The van der Waals surface area contributed by atoms with Crippen LogP contribution in [0.2, 0.25) is 10.0 Å². The van der Waals surface area contributed by atoms with Gasteiger partial charge in [0.2, 0.25) is 0 Å². The molecule has 1 heterocycles. The minimum Gasteiger partial charge on any atom is -0.493 e. The lowest BCUT2D eigenvalue weighted by atomic mass is 10.2. The van der Waals surface area contributed by atoms with E-state index in [0.29, 0.717) is 33.2 Å². The average molecular weight is 391 g/mol. The van der Waals surface area contributed by atoms with Crippen molar-refractivity contribution >= 4 is 46.2 Å². The first-order chi connectivity index (χ1) is 12.6. The van der Waals surface area contributed by atoms with Gasteiger partial charge in [-0.25, -0.2) is 9.97 Å². The van der Waals surface area contributed by atoms with Gasteiger partial charge in [-0.15, -0.1) is 0 Å². The van der Waals surface area contributed by atoms with E-state index in [0.717, 1.165) is 11.4 Å². The van der Waals surface area contributed by atoms with Gasteiger partial charge in [0.1, 0.15) is 18.0 Å². The predicted molar refractivity (Wildman–Crippen MR) is 105 cm³/mol. The Bertz CT molecular complexity index is 921. The SMILES string of the molecule is COc1ccc(Nc2cc(Nc3ccc(Cl)c(Cl)c3)ncn2)cc1OC. The zero-order valence-electron chi connectivity index (χ0n) is 14.1. The Balaban J connectivity index is 1.78. The Kier molecular flexibility index (Phi) is 5.65. The summed E-state index contributed by atoms with van der Waals surface area (Å²) in [5.41, 5.74) is 1.58. The van der Waals surface area contributed by atoms with Crippen LogP contribution < -0.4 is 20.1 Å². The molecule has 134 valence electrons. The fourth-order valence-corrected chi connectivity index (χ4v) is 2.58. The monoisotopic (exact) mass is 390 g/mol. The van der Waals surface area contributed by atoms with Crippen molar-refractivity contribution in [1.29, 1.82) is 0 Å². The number of benzene rings is 2. The van der Waals surface area contributed by atoms with Gasteiger partial charge in [-0.05, 0) is 30.3 Å². The molecule has 3 aromatic rings. The number of aromatic nitrogens is 2. The van der Waals surface area contributed by atoms with Crippen molar-refractivity contribution in [2.45, 2.75) is 0 Å². The molecule has 0 atom stereocenters. The summed E-state index contributed by atoms with van der Waals surface area (Å²) >= 11 is 12.0. The molecule has 0 aliphatic rings.